The van der Waals surface area contributed by atoms with Gasteiger partial charge >= 0.3 is 0 Å². The zero-order chi connectivity index (χ0) is 15.4. The van der Waals surface area contributed by atoms with E-state index in [4.69, 9.17) is 0 Å². The van der Waals surface area contributed by atoms with Crippen LogP contribution in [0.15, 0.2) is 24.3 Å². The van der Waals surface area contributed by atoms with Gasteiger partial charge in [-0.1, -0.05) is 62.8 Å². The quantitative estimate of drug-likeness (QED) is 0.715. The molecule has 22 heavy (non-hydrogen) atoms. The molecule has 1 aromatic carbocycles. The minimum absolute atomic E-state index is 0.202. The normalized spacial score (nSPS) is 20.7. The molecule has 2 aliphatic carbocycles. The largest absolute Gasteiger partial charge is 0.294 e. The lowest BCUT2D eigenvalue weighted by Gasteiger charge is -2.21. The van der Waals surface area contributed by atoms with Crippen molar-refractivity contribution in [3.8, 4) is 0 Å². The minimum Gasteiger partial charge on any atom is -0.294 e. The van der Waals surface area contributed by atoms with Crippen LogP contribution in [0.1, 0.15) is 84.9 Å². The van der Waals surface area contributed by atoms with Gasteiger partial charge in [0.2, 0.25) is 0 Å². The monoisotopic (exact) mass is 298 g/mol. The van der Waals surface area contributed by atoms with Crippen molar-refractivity contribution in [2.75, 3.05) is 0 Å². The zero-order valence-corrected chi connectivity index (χ0v) is 13.4. The highest BCUT2D eigenvalue weighted by Crippen LogP contribution is 2.29. The van der Waals surface area contributed by atoms with E-state index in [-0.39, 0.29) is 23.4 Å². The Morgan fingerprint density at radius 3 is 1.23 bits per heavy atom. The zero-order valence-electron chi connectivity index (χ0n) is 13.4. The highest BCUT2D eigenvalue weighted by molar-refractivity contribution is 6.01. The average Bonchev–Trinajstić information content (AvgIpc) is 2.62. The summed E-state index contributed by atoms with van der Waals surface area (Å²) in [6.45, 7) is 0. The molecule has 0 radical (unpaired) electrons. The lowest BCUT2D eigenvalue weighted by Crippen LogP contribution is -2.19. The van der Waals surface area contributed by atoms with Crippen LogP contribution in [-0.2, 0) is 0 Å². The fourth-order valence-electron chi connectivity index (χ4n) is 4.00. The first-order valence-electron chi connectivity index (χ1n) is 8.94. The van der Waals surface area contributed by atoms with Gasteiger partial charge in [-0.25, -0.2) is 0 Å². The maximum Gasteiger partial charge on any atom is 0.165 e. The molecule has 0 amide bonds. The number of carbonyl (C=O) groups excluding carboxylic acids is 2. The van der Waals surface area contributed by atoms with Crippen LogP contribution in [0.2, 0.25) is 0 Å². The van der Waals surface area contributed by atoms with Crippen molar-refractivity contribution in [3.05, 3.63) is 35.4 Å². The van der Waals surface area contributed by atoms with Gasteiger partial charge in [-0.15, -0.1) is 0 Å². The molecule has 3 rings (SSSR count). The van der Waals surface area contributed by atoms with Crippen molar-refractivity contribution < 1.29 is 9.59 Å². The lowest BCUT2D eigenvalue weighted by atomic mass is 9.82. The Kier molecular flexibility index (Phi) is 5.07. The molecule has 0 bridgehead atoms. The van der Waals surface area contributed by atoms with Crippen LogP contribution in [0, 0.1) is 11.8 Å². The Bertz CT molecular complexity index is 468. The number of Topliss-reactive ketones (excluding diaryl/α,β-unsaturated/α-hetero) is 2. The number of hydrogen-bond donors (Lipinski definition) is 0. The van der Waals surface area contributed by atoms with E-state index in [1.165, 1.54) is 38.5 Å². The molecule has 0 N–H and O–H groups in total. The van der Waals surface area contributed by atoms with Crippen LogP contribution in [0.3, 0.4) is 0 Å². The van der Waals surface area contributed by atoms with Gasteiger partial charge in [0.15, 0.2) is 11.6 Å². The molecule has 2 aliphatic rings. The van der Waals surface area contributed by atoms with Crippen LogP contribution in [0.4, 0.5) is 0 Å². The molecule has 0 aliphatic heterocycles. The van der Waals surface area contributed by atoms with Gasteiger partial charge in [0, 0.05) is 23.0 Å². The summed E-state index contributed by atoms with van der Waals surface area (Å²) in [4.78, 5) is 25.0. The van der Waals surface area contributed by atoms with E-state index < -0.39 is 0 Å². The fraction of sp³-hybridized carbons (Fsp3) is 0.600. The standard InChI is InChI=1S/C20H26O2/c21-19(15-7-3-1-4-8-15)17-11-13-18(14-12-17)20(22)16-9-5-2-6-10-16/h11-16H,1-10H2. The molecule has 118 valence electrons. The van der Waals surface area contributed by atoms with Crippen LogP contribution in [0.5, 0.6) is 0 Å². The maximum atomic E-state index is 12.5. The highest BCUT2D eigenvalue weighted by Gasteiger charge is 2.24. The van der Waals surface area contributed by atoms with Crippen molar-refractivity contribution in [1.82, 2.24) is 0 Å². The number of ketones is 2. The van der Waals surface area contributed by atoms with Gasteiger partial charge in [0.05, 0.1) is 0 Å². The summed E-state index contributed by atoms with van der Waals surface area (Å²) in [5.41, 5.74) is 1.57. The molecule has 2 heteroatoms. The third kappa shape index (κ3) is 3.48. The van der Waals surface area contributed by atoms with Crippen molar-refractivity contribution >= 4 is 11.6 Å². The summed E-state index contributed by atoms with van der Waals surface area (Å²) >= 11 is 0. The molecule has 0 spiro atoms. The van der Waals surface area contributed by atoms with Gasteiger partial charge in [-0.3, -0.25) is 9.59 Å². The topological polar surface area (TPSA) is 34.1 Å². The van der Waals surface area contributed by atoms with E-state index in [2.05, 4.69) is 0 Å². The van der Waals surface area contributed by atoms with Gasteiger partial charge in [-0.2, -0.15) is 0 Å². The van der Waals surface area contributed by atoms with Crippen molar-refractivity contribution in [2.24, 2.45) is 11.8 Å². The Hall–Kier alpha value is -1.44. The third-order valence-corrected chi connectivity index (χ3v) is 5.41. The van der Waals surface area contributed by atoms with E-state index >= 15 is 0 Å². The van der Waals surface area contributed by atoms with Gasteiger partial charge in [0.25, 0.3) is 0 Å². The molecule has 2 saturated carbocycles. The molecule has 2 fully saturated rings. The third-order valence-electron chi connectivity index (χ3n) is 5.41. The van der Waals surface area contributed by atoms with Crippen LogP contribution < -0.4 is 0 Å². The molecule has 0 atom stereocenters. The maximum absolute atomic E-state index is 12.5. The number of carbonyl (C=O) groups is 2. The molecular formula is C20H26O2. The molecular weight excluding hydrogens is 272 g/mol. The molecule has 0 saturated heterocycles. The molecule has 2 nitrogen and oxygen atoms in total. The SMILES string of the molecule is O=C(c1ccc(C(=O)C2CCCCC2)cc1)C1CCCCC1. The first-order chi connectivity index (χ1) is 10.8. The van der Waals surface area contributed by atoms with Crippen LogP contribution in [0.25, 0.3) is 0 Å². The molecule has 0 aromatic heterocycles. The Labute approximate surface area is 133 Å². The van der Waals surface area contributed by atoms with Crippen molar-refractivity contribution in [3.63, 3.8) is 0 Å². The van der Waals surface area contributed by atoms with E-state index in [9.17, 15) is 9.59 Å². The summed E-state index contributed by atoms with van der Waals surface area (Å²) in [5, 5.41) is 0. The summed E-state index contributed by atoms with van der Waals surface area (Å²) in [5.74, 6) is 0.954. The lowest BCUT2D eigenvalue weighted by molar-refractivity contribution is 0.0878. The first-order valence-corrected chi connectivity index (χ1v) is 8.94. The Morgan fingerprint density at radius 2 is 0.909 bits per heavy atom. The summed E-state index contributed by atoms with van der Waals surface area (Å²) < 4.78 is 0. The van der Waals surface area contributed by atoms with E-state index in [0.717, 1.165) is 36.8 Å². The van der Waals surface area contributed by atoms with E-state index in [1.807, 2.05) is 24.3 Å². The average molecular weight is 298 g/mol. The number of hydrogen-bond acceptors (Lipinski definition) is 2. The molecule has 1 aromatic rings. The summed E-state index contributed by atoms with van der Waals surface area (Å²) in [6, 6.07) is 7.47. The number of rotatable bonds is 4. The predicted octanol–water partition coefficient (Wildman–Crippen LogP) is 5.21. The number of benzene rings is 1. The second-order valence-corrected chi connectivity index (χ2v) is 6.98. The smallest absolute Gasteiger partial charge is 0.165 e. The molecule has 0 heterocycles. The second-order valence-electron chi connectivity index (χ2n) is 6.98. The van der Waals surface area contributed by atoms with Crippen molar-refractivity contribution in [2.45, 2.75) is 64.2 Å². The van der Waals surface area contributed by atoms with Crippen LogP contribution >= 0.6 is 0 Å². The van der Waals surface area contributed by atoms with Gasteiger partial charge < -0.3 is 0 Å². The fourth-order valence-corrected chi connectivity index (χ4v) is 4.00. The summed E-state index contributed by atoms with van der Waals surface area (Å²) in [6.07, 6.45) is 11.3. The second kappa shape index (κ2) is 7.21. The molecule has 0 unspecified atom stereocenters. The predicted molar refractivity (Wildman–Crippen MR) is 88.3 cm³/mol. The first kappa shape index (κ1) is 15.5. The van der Waals surface area contributed by atoms with Crippen molar-refractivity contribution in [1.29, 1.82) is 0 Å². The van der Waals surface area contributed by atoms with Gasteiger partial charge in [-0.05, 0) is 25.7 Å². The Morgan fingerprint density at radius 1 is 0.591 bits per heavy atom. The minimum atomic E-state index is 0.202. The van der Waals surface area contributed by atoms with E-state index in [0.29, 0.717) is 0 Å². The van der Waals surface area contributed by atoms with Crippen LogP contribution in [-0.4, -0.2) is 11.6 Å². The van der Waals surface area contributed by atoms with Gasteiger partial charge in [0.1, 0.15) is 0 Å². The summed E-state index contributed by atoms with van der Waals surface area (Å²) in [7, 11) is 0. The Balaban J connectivity index is 1.66. The highest BCUT2D eigenvalue weighted by atomic mass is 16.1. The van der Waals surface area contributed by atoms with E-state index in [1.54, 1.807) is 0 Å².